The van der Waals surface area contributed by atoms with Crippen LogP contribution in [0.3, 0.4) is 0 Å². The van der Waals surface area contributed by atoms with Gasteiger partial charge in [-0.3, -0.25) is 4.79 Å². The molecular weight excluding hydrogens is 254 g/mol. The molecule has 2 rings (SSSR count). The average molecular weight is 268 g/mol. The van der Waals surface area contributed by atoms with Crippen molar-refractivity contribution in [2.75, 3.05) is 6.61 Å². The lowest BCUT2D eigenvalue weighted by molar-refractivity contribution is 0.0889. The number of hydrogen-bond donors (Lipinski definition) is 2. The highest BCUT2D eigenvalue weighted by Crippen LogP contribution is 2.26. The van der Waals surface area contributed by atoms with E-state index in [1.165, 1.54) is 0 Å². The van der Waals surface area contributed by atoms with Crippen LogP contribution in [0.4, 0.5) is 0 Å². The van der Waals surface area contributed by atoms with Gasteiger partial charge in [0.05, 0.1) is 17.7 Å². The summed E-state index contributed by atoms with van der Waals surface area (Å²) in [7, 11) is 0. The molecule has 1 amide bonds. The lowest BCUT2D eigenvalue weighted by atomic mass is 10.2. The van der Waals surface area contributed by atoms with E-state index in [-0.39, 0.29) is 24.3 Å². The normalized spacial score (nSPS) is 12.6. The van der Waals surface area contributed by atoms with Gasteiger partial charge >= 0.3 is 0 Å². The summed E-state index contributed by atoms with van der Waals surface area (Å²) in [5, 5.41) is 13.0. The smallest absolute Gasteiger partial charge is 0.287 e. The molecule has 96 valence electrons. The van der Waals surface area contributed by atoms with Gasteiger partial charge in [0.25, 0.3) is 5.91 Å². The van der Waals surface area contributed by atoms with Gasteiger partial charge in [0.15, 0.2) is 11.3 Å². The van der Waals surface area contributed by atoms with Crippen LogP contribution in [0.25, 0.3) is 11.0 Å². The van der Waals surface area contributed by atoms with E-state index in [0.29, 0.717) is 17.0 Å². The molecular formula is C13H14ClNO3. The molecule has 0 aliphatic carbocycles. The predicted octanol–water partition coefficient (Wildman–Crippen LogP) is 2.59. The van der Waals surface area contributed by atoms with E-state index in [4.69, 9.17) is 21.1 Å². The molecule has 1 heterocycles. The van der Waals surface area contributed by atoms with Crippen LogP contribution in [-0.2, 0) is 0 Å². The Morgan fingerprint density at radius 3 is 2.94 bits per heavy atom. The second kappa shape index (κ2) is 5.42. The maximum absolute atomic E-state index is 11.9. The minimum atomic E-state index is -0.344. The number of hydrogen-bond acceptors (Lipinski definition) is 3. The van der Waals surface area contributed by atoms with E-state index in [0.717, 1.165) is 5.39 Å². The summed E-state index contributed by atoms with van der Waals surface area (Å²) < 4.78 is 5.42. The topological polar surface area (TPSA) is 62.5 Å². The van der Waals surface area contributed by atoms with Gasteiger partial charge in [-0.1, -0.05) is 30.7 Å². The minimum absolute atomic E-state index is 0.0940. The summed E-state index contributed by atoms with van der Waals surface area (Å²) in [4.78, 5) is 11.9. The number of carbonyl (C=O) groups is 1. The van der Waals surface area contributed by atoms with Gasteiger partial charge in [-0.25, -0.2) is 0 Å². The Morgan fingerprint density at radius 2 is 2.33 bits per heavy atom. The van der Waals surface area contributed by atoms with Crippen molar-refractivity contribution in [1.82, 2.24) is 5.32 Å². The number of fused-ring (bicyclic) bond motifs is 1. The van der Waals surface area contributed by atoms with Gasteiger partial charge in [-0.2, -0.15) is 0 Å². The van der Waals surface area contributed by atoms with Crippen molar-refractivity contribution in [3.05, 3.63) is 35.0 Å². The molecule has 18 heavy (non-hydrogen) atoms. The molecule has 0 bridgehead atoms. The molecule has 2 N–H and O–H groups in total. The molecule has 0 radical (unpaired) electrons. The van der Waals surface area contributed by atoms with E-state index in [1.54, 1.807) is 18.2 Å². The van der Waals surface area contributed by atoms with Crippen molar-refractivity contribution in [1.29, 1.82) is 0 Å². The minimum Gasteiger partial charge on any atom is -0.449 e. The number of halogens is 1. The Hall–Kier alpha value is -1.52. The Balaban J connectivity index is 2.26. The Labute approximate surface area is 110 Å². The molecule has 0 saturated heterocycles. The van der Waals surface area contributed by atoms with Crippen molar-refractivity contribution >= 4 is 28.5 Å². The third-order valence-corrected chi connectivity index (χ3v) is 3.07. The van der Waals surface area contributed by atoms with E-state index in [2.05, 4.69) is 5.32 Å². The number of aliphatic hydroxyl groups is 1. The first-order valence-corrected chi connectivity index (χ1v) is 6.13. The zero-order valence-corrected chi connectivity index (χ0v) is 10.7. The third kappa shape index (κ3) is 2.49. The van der Waals surface area contributed by atoms with Crippen molar-refractivity contribution in [3.8, 4) is 0 Å². The zero-order valence-electron chi connectivity index (χ0n) is 9.94. The van der Waals surface area contributed by atoms with E-state index in [1.807, 2.05) is 13.0 Å². The molecule has 0 aliphatic heterocycles. The van der Waals surface area contributed by atoms with Crippen LogP contribution in [0.1, 0.15) is 23.9 Å². The quantitative estimate of drug-likeness (QED) is 0.895. The molecule has 1 aromatic heterocycles. The van der Waals surface area contributed by atoms with Crippen molar-refractivity contribution < 1.29 is 14.3 Å². The Kier molecular flexibility index (Phi) is 3.89. The standard InChI is InChI=1S/C13H14ClNO3/c1-2-9(7-16)15-13(17)11-6-8-4-3-5-10(14)12(8)18-11/h3-6,9,16H,2,7H2,1H3,(H,15,17). The van der Waals surface area contributed by atoms with Crippen LogP contribution < -0.4 is 5.32 Å². The number of amides is 1. The van der Waals surface area contributed by atoms with Crippen molar-refractivity contribution in [2.45, 2.75) is 19.4 Å². The lowest BCUT2D eigenvalue weighted by Crippen LogP contribution is -2.36. The summed E-state index contributed by atoms with van der Waals surface area (Å²) >= 11 is 5.97. The molecule has 1 aromatic carbocycles. The summed E-state index contributed by atoms with van der Waals surface area (Å²) in [5.41, 5.74) is 0.501. The molecule has 0 saturated carbocycles. The summed E-state index contributed by atoms with van der Waals surface area (Å²) in [6.07, 6.45) is 0.656. The van der Waals surface area contributed by atoms with Gasteiger partial charge in [0.1, 0.15) is 0 Å². The Bertz CT molecular complexity index is 560. The summed E-state index contributed by atoms with van der Waals surface area (Å²) in [6, 6.07) is 6.70. The highest BCUT2D eigenvalue weighted by atomic mass is 35.5. The molecule has 1 atom stereocenters. The van der Waals surface area contributed by atoms with Gasteiger partial charge in [0.2, 0.25) is 0 Å². The molecule has 4 nitrogen and oxygen atoms in total. The van der Waals surface area contributed by atoms with Gasteiger partial charge in [-0.05, 0) is 18.6 Å². The van der Waals surface area contributed by atoms with Crippen LogP contribution in [0.2, 0.25) is 5.02 Å². The summed E-state index contributed by atoms with van der Waals surface area (Å²) in [6.45, 7) is 1.79. The van der Waals surface area contributed by atoms with E-state index >= 15 is 0 Å². The number of benzene rings is 1. The predicted molar refractivity (Wildman–Crippen MR) is 69.9 cm³/mol. The van der Waals surface area contributed by atoms with Crippen LogP contribution >= 0.6 is 11.6 Å². The highest BCUT2D eigenvalue weighted by Gasteiger charge is 2.16. The van der Waals surface area contributed by atoms with Crippen molar-refractivity contribution in [3.63, 3.8) is 0 Å². The second-order valence-corrected chi connectivity index (χ2v) is 4.44. The van der Waals surface area contributed by atoms with E-state index < -0.39 is 0 Å². The zero-order chi connectivity index (χ0) is 13.1. The van der Waals surface area contributed by atoms with Gasteiger partial charge < -0.3 is 14.8 Å². The summed E-state index contributed by atoms with van der Waals surface area (Å²) in [5.74, 6) is -0.145. The maximum atomic E-state index is 11.9. The number of rotatable bonds is 4. The fourth-order valence-electron chi connectivity index (χ4n) is 1.67. The molecule has 0 spiro atoms. The number of nitrogens with one attached hydrogen (secondary N) is 1. The van der Waals surface area contributed by atoms with Gasteiger partial charge in [0, 0.05) is 5.39 Å². The lowest BCUT2D eigenvalue weighted by Gasteiger charge is -2.12. The fraction of sp³-hybridized carbons (Fsp3) is 0.308. The fourth-order valence-corrected chi connectivity index (χ4v) is 1.89. The van der Waals surface area contributed by atoms with Crippen LogP contribution in [-0.4, -0.2) is 23.7 Å². The largest absolute Gasteiger partial charge is 0.449 e. The Morgan fingerprint density at radius 1 is 1.56 bits per heavy atom. The monoisotopic (exact) mass is 267 g/mol. The molecule has 0 fully saturated rings. The highest BCUT2D eigenvalue weighted by molar-refractivity contribution is 6.34. The third-order valence-electron chi connectivity index (χ3n) is 2.77. The second-order valence-electron chi connectivity index (χ2n) is 4.03. The molecule has 2 aromatic rings. The number of carbonyl (C=O) groups excluding carboxylic acids is 1. The molecule has 5 heteroatoms. The van der Waals surface area contributed by atoms with Gasteiger partial charge in [-0.15, -0.1) is 0 Å². The van der Waals surface area contributed by atoms with Crippen LogP contribution in [0, 0.1) is 0 Å². The van der Waals surface area contributed by atoms with Crippen LogP contribution in [0.5, 0.6) is 0 Å². The van der Waals surface area contributed by atoms with E-state index in [9.17, 15) is 4.79 Å². The first kappa shape index (κ1) is 12.9. The number of aliphatic hydroxyl groups excluding tert-OH is 1. The first-order chi connectivity index (χ1) is 8.65. The number of para-hydroxylation sites is 1. The molecule has 0 aliphatic rings. The SMILES string of the molecule is CCC(CO)NC(=O)c1cc2cccc(Cl)c2o1. The van der Waals surface area contributed by atoms with Crippen molar-refractivity contribution in [2.24, 2.45) is 0 Å². The van der Waals surface area contributed by atoms with Crippen LogP contribution in [0.15, 0.2) is 28.7 Å². The molecule has 1 unspecified atom stereocenters. The first-order valence-electron chi connectivity index (χ1n) is 5.75. The number of furan rings is 1. The maximum Gasteiger partial charge on any atom is 0.287 e. The average Bonchev–Trinajstić information content (AvgIpc) is 2.81.